The van der Waals surface area contributed by atoms with Crippen molar-refractivity contribution in [3.8, 4) is 17.3 Å². The fourth-order valence-electron chi connectivity index (χ4n) is 3.59. The van der Waals surface area contributed by atoms with Crippen molar-refractivity contribution in [2.75, 3.05) is 37.7 Å². The second-order valence-electron chi connectivity index (χ2n) is 7.40. The van der Waals surface area contributed by atoms with Crippen molar-refractivity contribution in [1.29, 1.82) is 0 Å². The first kappa shape index (κ1) is 21.5. The number of aromatic nitrogens is 5. The van der Waals surface area contributed by atoms with Gasteiger partial charge in [0.25, 0.3) is 0 Å². The minimum absolute atomic E-state index is 0.000827. The molecule has 0 bridgehead atoms. The molecule has 4 rings (SSSR count). The molecule has 1 aromatic carbocycles. The highest BCUT2D eigenvalue weighted by Crippen LogP contribution is 2.22. The molecule has 0 unspecified atom stereocenters. The van der Waals surface area contributed by atoms with Crippen LogP contribution >= 0.6 is 0 Å². The number of carbonyl (C=O) groups is 1. The number of rotatable bonds is 9. The van der Waals surface area contributed by atoms with E-state index in [1.807, 2.05) is 43.3 Å². The molecular weight excluding hydrogens is 410 g/mol. The zero-order valence-electron chi connectivity index (χ0n) is 18.1. The van der Waals surface area contributed by atoms with E-state index in [0.717, 1.165) is 43.2 Å². The molecular formula is C22H27N7O3. The molecule has 10 heteroatoms. The Balaban J connectivity index is 1.17. The van der Waals surface area contributed by atoms with Crippen LogP contribution in [0.25, 0.3) is 5.82 Å². The van der Waals surface area contributed by atoms with Gasteiger partial charge in [0, 0.05) is 19.0 Å². The summed E-state index contributed by atoms with van der Waals surface area (Å²) in [6, 6.07) is 11.3. The molecule has 3 aromatic rings. The van der Waals surface area contributed by atoms with E-state index in [4.69, 9.17) is 9.47 Å². The lowest BCUT2D eigenvalue weighted by molar-refractivity contribution is -0.125. The quantitative estimate of drug-likeness (QED) is 0.506. The van der Waals surface area contributed by atoms with E-state index in [1.165, 1.54) is 6.33 Å². The maximum atomic E-state index is 12.5. The predicted molar refractivity (Wildman–Crippen MR) is 118 cm³/mol. The molecule has 10 nitrogen and oxygen atoms in total. The van der Waals surface area contributed by atoms with Gasteiger partial charge in [-0.2, -0.15) is 5.10 Å². The molecule has 168 valence electrons. The average molecular weight is 438 g/mol. The first-order chi connectivity index (χ1) is 15.7. The largest absolute Gasteiger partial charge is 0.494 e. The summed E-state index contributed by atoms with van der Waals surface area (Å²) in [5.41, 5.74) is 0. The van der Waals surface area contributed by atoms with E-state index in [1.54, 1.807) is 11.0 Å². The number of piperidine rings is 1. The van der Waals surface area contributed by atoms with Crippen molar-refractivity contribution in [3.05, 3.63) is 49.1 Å². The SMILES string of the molecule is CCOc1ccc(OCCNC(=O)C2CCN(c3ccc(-n4cncn4)nn3)CC2)cc1. The Kier molecular flexibility index (Phi) is 7.11. The van der Waals surface area contributed by atoms with E-state index >= 15 is 0 Å². The number of benzene rings is 1. The maximum absolute atomic E-state index is 12.5. The van der Waals surface area contributed by atoms with E-state index in [9.17, 15) is 4.79 Å². The molecule has 3 heterocycles. The molecule has 1 aliphatic rings. The Morgan fingerprint density at radius 1 is 1.03 bits per heavy atom. The zero-order valence-corrected chi connectivity index (χ0v) is 18.1. The van der Waals surface area contributed by atoms with Crippen LogP contribution in [0.15, 0.2) is 49.1 Å². The summed E-state index contributed by atoms with van der Waals surface area (Å²) in [7, 11) is 0. The van der Waals surface area contributed by atoms with Gasteiger partial charge >= 0.3 is 0 Å². The molecule has 0 saturated carbocycles. The third-order valence-electron chi connectivity index (χ3n) is 5.28. The fraction of sp³-hybridized carbons (Fsp3) is 0.409. The summed E-state index contributed by atoms with van der Waals surface area (Å²) in [5, 5.41) is 15.5. The number of hydrogen-bond acceptors (Lipinski definition) is 8. The molecule has 1 aliphatic heterocycles. The van der Waals surface area contributed by atoms with Crippen molar-refractivity contribution >= 4 is 11.7 Å². The smallest absolute Gasteiger partial charge is 0.223 e. The number of carbonyl (C=O) groups excluding carboxylic acids is 1. The average Bonchev–Trinajstić information content (AvgIpc) is 3.38. The number of anilines is 1. The monoisotopic (exact) mass is 437 g/mol. The van der Waals surface area contributed by atoms with Gasteiger partial charge in [-0.3, -0.25) is 4.79 Å². The van der Waals surface area contributed by atoms with Crippen LogP contribution < -0.4 is 19.7 Å². The van der Waals surface area contributed by atoms with E-state index in [-0.39, 0.29) is 11.8 Å². The Labute approximate surface area is 186 Å². The number of ether oxygens (including phenoxy) is 2. The second-order valence-corrected chi connectivity index (χ2v) is 7.40. The minimum atomic E-state index is -0.000827. The van der Waals surface area contributed by atoms with E-state index in [2.05, 4.69) is 30.5 Å². The van der Waals surface area contributed by atoms with Crippen LogP contribution in [0.4, 0.5) is 5.82 Å². The summed E-state index contributed by atoms with van der Waals surface area (Å²) in [6.07, 6.45) is 4.59. The van der Waals surface area contributed by atoms with Gasteiger partial charge in [-0.05, 0) is 56.2 Å². The molecule has 1 fully saturated rings. The van der Waals surface area contributed by atoms with Crippen LogP contribution in [0.3, 0.4) is 0 Å². The highest BCUT2D eigenvalue weighted by molar-refractivity contribution is 5.78. The minimum Gasteiger partial charge on any atom is -0.494 e. The molecule has 1 saturated heterocycles. The summed E-state index contributed by atoms with van der Waals surface area (Å²) < 4.78 is 12.7. The van der Waals surface area contributed by atoms with Gasteiger partial charge in [0.05, 0.1) is 13.2 Å². The van der Waals surface area contributed by atoms with Crippen molar-refractivity contribution in [2.45, 2.75) is 19.8 Å². The summed E-state index contributed by atoms with van der Waals surface area (Å²) >= 11 is 0. The van der Waals surface area contributed by atoms with Gasteiger partial charge in [0.1, 0.15) is 30.8 Å². The fourth-order valence-corrected chi connectivity index (χ4v) is 3.59. The second kappa shape index (κ2) is 10.6. The van der Waals surface area contributed by atoms with Crippen molar-refractivity contribution in [2.24, 2.45) is 5.92 Å². The highest BCUT2D eigenvalue weighted by Gasteiger charge is 2.25. The van der Waals surface area contributed by atoms with Crippen LogP contribution in [-0.4, -0.2) is 63.7 Å². The van der Waals surface area contributed by atoms with Crippen LogP contribution in [0.1, 0.15) is 19.8 Å². The number of amides is 1. The first-order valence-corrected chi connectivity index (χ1v) is 10.8. The maximum Gasteiger partial charge on any atom is 0.223 e. The Hall–Kier alpha value is -3.69. The highest BCUT2D eigenvalue weighted by atomic mass is 16.5. The summed E-state index contributed by atoms with van der Waals surface area (Å²) in [5.74, 6) is 3.07. The Morgan fingerprint density at radius 2 is 1.72 bits per heavy atom. The topological polar surface area (TPSA) is 107 Å². The number of nitrogens with one attached hydrogen (secondary N) is 1. The van der Waals surface area contributed by atoms with E-state index in [0.29, 0.717) is 25.6 Å². The van der Waals surface area contributed by atoms with Gasteiger partial charge in [0.15, 0.2) is 11.6 Å². The Bertz CT molecular complexity index is 970. The van der Waals surface area contributed by atoms with Crippen LogP contribution in [0.5, 0.6) is 11.5 Å². The van der Waals surface area contributed by atoms with Crippen molar-refractivity contribution < 1.29 is 14.3 Å². The van der Waals surface area contributed by atoms with Crippen molar-refractivity contribution in [1.82, 2.24) is 30.3 Å². The number of hydrogen-bond donors (Lipinski definition) is 1. The lowest BCUT2D eigenvalue weighted by atomic mass is 9.96. The van der Waals surface area contributed by atoms with Gasteiger partial charge in [-0.25, -0.2) is 9.67 Å². The first-order valence-electron chi connectivity index (χ1n) is 10.8. The van der Waals surface area contributed by atoms with Crippen LogP contribution in [-0.2, 0) is 4.79 Å². The predicted octanol–water partition coefficient (Wildman–Crippen LogP) is 1.87. The van der Waals surface area contributed by atoms with Gasteiger partial charge in [0.2, 0.25) is 5.91 Å². The standard InChI is InChI=1S/C22H27N7O3/c1-2-31-18-3-5-19(6-4-18)32-14-11-24-22(30)17-9-12-28(13-10-17)20-7-8-21(27-26-20)29-16-23-15-25-29/h3-8,15-17H,2,9-14H2,1H3,(H,24,30). The van der Waals surface area contributed by atoms with Crippen molar-refractivity contribution in [3.63, 3.8) is 0 Å². The normalized spacial score (nSPS) is 14.2. The third kappa shape index (κ3) is 5.51. The molecule has 0 aliphatic carbocycles. The molecule has 32 heavy (non-hydrogen) atoms. The number of nitrogens with zero attached hydrogens (tertiary/aromatic N) is 6. The third-order valence-corrected chi connectivity index (χ3v) is 5.28. The lowest BCUT2D eigenvalue weighted by Gasteiger charge is -2.31. The molecule has 0 radical (unpaired) electrons. The molecule has 2 aromatic heterocycles. The summed E-state index contributed by atoms with van der Waals surface area (Å²) in [6.45, 7) is 5.00. The Morgan fingerprint density at radius 3 is 2.34 bits per heavy atom. The summed E-state index contributed by atoms with van der Waals surface area (Å²) in [4.78, 5) is 18.6. The molecule has 1 N–H and O–H groups in total. The van der Waals surface area contributed by atoms with Gasteiger partial charge in [-0.1, -0.05) is 0 Å². The molecule has 0 spiro atoms. The zero-order chi connectivity index (χ0) is 22.2. The lowest BCUT2D eigenvalue weighted by Crippen LogP contribution is -2.41. The van der Waals surface area contributed by atoms with Crippen LogP contribution in [0.2, 0.25) is 0 Å². The molecule has 0 atom stereocenters. The van der Waals surface area contributed by atoms with Crippen LogP contribution in [0, 0.1) is 5.92 Å². The van der Waals surface area contributed by atoms with Gasteiger partial charge < -0.3 is 19.7 Å². The van der Waals surface area contributed by atoms with Gasteiger partial charge in [-0.15, -0.1) is 10.2 Å². The van der Waals surface area contributed by atoms with E-state index < -0.39 is 0 Å². The molecule has 1 amide bonds.